The fourth-order valence-electron chi connectivity index (χ4n) is 2.98. The van der Waals surface area contributed by atoms with E-state index in [1.807, 2.05) is 6.92 Å². The van der Waals surface area contributed by atoms with E-state index in [4.69, 9.17) is 0 Å². The third-order valence-electron chi connectivity index (χ3n) is 4.18. The Bertz CT molecular complexity index is 1360. The largest absolute Gasteiger partial charge is 0.304 e. The highest BCUT2D eigenvalue weighted by molar-refractivity contribution is 14.1. The molecule has 0 atom stereocenters. The average molecular weight is 480 g/mol. The second kappa shape index (κ2) is 5.88. The number of fused-ring (bicyclic) bond motifs is 3. The minimum Gasteiger partial charge on any atom is -0.304 e. The summed E-state index contributed by atoms with van der Waals surface area (Å²) in [6, 6.07) is 10.3. The molecule has 2 aromatic heterocycles. The summed E-state index contributed by atoms with van der Waals surface area (Å²) >= 11 is 2.12. The highest BCUT2D eigenvalue weighted by Gasteiger charge is 2.27. The van der Waals surface area contributed by atoms with Gasteiger partial charge in [0.15, 0.2) is 5.65 Å². The normalized spacial score (nSPS) is 12.1. The summed E-state index contributed by atoms with van der Waals surface area (Å²) in [5, 5.41) is 8.02. The van der Waals surface area contributed by atoms with E-state index in [2.05, 4.69) is 37.9 Å². The molecule has 0 saturated carbocycles. The van der Waals surface area contributed by atoms with Gasteiger partial charge in [0, 0.05) is 3.57 Å². The number of rotatable bonds is 2. The molecule has 0 unspecified atom stereocenters. The number of hydrogen-bond acceptors (Lipinski definition) is 5. The number of hydrogen-bond donors (Lipinski definition) is 1. The van der Waals surface area contributed by atoms with Crippen molar-refractivity contribution >= 4 is 49.0 Å². The van der Waals surface area contributed by atoms with Gasteiger partial charge in [-0.3, -0.25) is 4.79 Å². The van der Waals surface area contributed by atoms with E-state index in [0.29, 0.717) is 16.5 Å². The van der Waals surface area contributed by atoms with Gasteiger partial charge in [0.1, 0.15) is 0 Å². The summed E-state index contributed by atoms with van der Waals surface area (Å²) in [6.07, 6.45) is 0. The maximum Gasteiger partial charge on any atom is 0.259 e. The van der Waals surface area contributed by atoms with Crippen molar-refractivity contribution in [1.82, 2.24) is 19.8 Å². The standard InChI is InChI=1S/C17H13IN4O3S/c1-9-3-6-14(10(2)7-9)26(24,25)17-15-19-16(23)12-5-4-11(18)8-13(12)22(15)21-20-17/h3-8H,1-2H3,(H,19,23). The minimum atomic E-state index is -3.93. The Morgan fingerprint density at radius 1 is 1.12 bits per heavy atom. The van der Waals surface area contributed by atoms with E-state index < -0.39 is 9.84 Å². The molecule has 4 aromatic rings. The molecule has 0 saturated heterocycles. The van der Waals surface area contributed by atoms with Crippen LogP contribution in [-0.2, 0) is 9.84 Å². The van der Waals surface area contributed by atoms with Crippen molar-refractivity contribution in [3.8, 4) is 0 Å². The van der Waals surface area contributed by atoms with Crippen LogP contribution in [0.15, 0.2) is 51.1 Å². The first-order valence-corrected chi connectivity index (χ1v) is 10.2. The number of H-pyrrole nitrogens is 1. The van der Waals surface area contributed by atoms with Gasteiger partial charge in [-0.1, -0.05) is 22.9 Å². The first-order chi connectivity index (χ1) is 12.3. The highest BCUT2D eigenvalue weighted by atomic mass is 127. The molecular formula is C17H13IN4O3S. The topological polar surface area (TPSA) is 97.2 Å². The molecule has 0 spiro atoms. The summed E-state index contributed by atoms with van der Waals surface area (Å²) < 4.78 is 28.5. The van der Waals surface area contributed by atoms with Crippen LogP contribution in [0.4, 0.5) is 0 Å². The van der Waals surface area contributed by atoms with Crippen LogP contribution in [0.3, 0.4) is 0 Å². The zero-order valence-electron chi connectivity index (χ0n) is 13.8. The molecule has 0 bridgehead atoms. The average Bonchev–Trinajstić information content (AvgIpc) is 2.99. The highest BCUT2D eigenvalue weighted by Crippen LogP contribution is 2.26. The van der Waals surface area contributed by atoms with Crippen molar-refractivity contribution in [3.05, 3.63) is 61.4 Å². The fraction of sp³-hybridized carbons (Fsp3) is 0.118. The van der Waals surface area contributed by atoms with Gasteiger partial charge >= 0.3 is 0 Å². The van der Waals surface area contributed by atoms with Crippen molar-refractivity contribution in [3.63, 3.8) is 0 Å². The van der Waals surface area contributed by atoms with E-state index >= 15 is 0 Å². The number of aromatic amines is 1. The molecule has 0 radical (unpaired) electrons. The Labute approximate surface area is 162 Å². The fourth-order valence-corrected chi connectivity index (χ4v) is 4.93. The van der Waals surface area contributed by atoms with Crippen LogP contribution in [0.2, 0.25) is 0 Å². The van der Waals surface area contributed by atoms with E-state index in [1.54, 1.807) is 43.3 Å². The third-order valence-corrected chi connectivity index (χ3v) is 6.67. The number of aromatic nitrogens is 4. The molecule has 26 heavy (non-hydrogen) atoms. The lowest BCUT2D eigenvalue weighted by molar-refractivity contribution is 0.592. The van der Waals surface area contributed by atoms with Crippen LogP contribution >= 0.6 is 22.6 Å². The van der Waals surface area contributed by atoms with Gasteiger partial charge in [-0.15, -0.1) is 5.10 Å². The molecular weight excluding hydrogens is 467 g/mol. The van der Waals surface area contributed by atoms with E-state index in [0.717, 1.165) is 9.13 Å². The van der Waals surface area contributed by atoms with Crippen LogP contribution in [-0.4, -0.2) is 28.2 Å². The molecule has 0 aliphatic rings. The SMILES string of the molecule is Cc1ccc(S(=O)(=O)c2nnn3c2[nH]c(=O)c2ccc(I)cc23)c(C)c1. The van der Waals surface area contributed by atoms with Crippen molar-refractivity contribution in [2.45, 2.75) is 23.8 Å². The van der Waals surface area contributed by atoms with Gasteiger partial charge in [-0.25, -0.2) is 8.42 Å². The summed E-state index contributed by atoms with van der Waals surface area (Å²) in [5.74, 6) is 0. The smallest absolute Gasteiger partial charge is 0.259 e. The first kappa shape index (κ1) is 17.2. The zero-order chi connectivity index (χ0) is 18.6. The molecule has 0 aliphatic carbocycles. The van der Waals surface area contributed by atoms with Gasteiger partial charge in [-0.05, 0) is 66.3 Å². The van der Waals surface area contributed by atoms with E-state index in [9.17, 15) is 13.2 Å². The molecule has 4 rings (SSSR count). The molecule has 9 heteroatoms. The summed E-state index contributed by atoms with van der Waals surface area (Å²) in [5.41, 5.74) is 1.75. The molecule has 0 fully saturated rings. The maximum absolute atomic E-state index is 13.1. The lowest BCUT2D eigenvalue weighted by Gasteiger charge is -2.07. The van der Waals surface area contributed by atoms with Gasteiger partial charge in [0.05, 0.1) is 15.8 Å². The van der Waals surface area contributed by atoms with Gasteiger partial charge in [-0.2, -0.15) is 4.52 Å². The van der Waals surface area contributed by atoms with Crippen molar-refractivity contribution in [2.24, 2.45) is 0 Å². The van der Waals surface area contributed by atoms with E-state index in [1.165, 1.54) is 4.52 Å². The van der Waals surface area contributed by atoms with Crippen molar-refractivity contribution < 1.29 is 8.42 Å². The predicted molar refractivity (Wildman–Crippen MR) is 105 cm³/mol. The molecule has 0 amide bonds. The lowest BCUT2D eigenvalue weighted by Crippen LogP contribution is -2.12. The summed E-state index contributed by atoms with van der Waals surface area (Å²) in [4.78, 5) is 15.2. The quantitative estimate of drug-likeness (QED) is 0.445. The van der Waals surface area contributed by atoms with E-state index in [-0.39, 0.29) is 21.1 Å². The van der Waals surface area contributed by atoms with Crippen LogP contribution in [0.5, 0.6) is 0 Å². The zero-order valence-corrected chi connectivity index (χ0v) is 16.8. The van der Waals surface area contributed by atoms with Gasteiger partial charge in [0.2, 0.25) is 14.9 Å². The Balaban J connectivity index is 2.07. The third kappa shape index (κ3) is 2.53. The Morgan fingerprint density at radius 3 is 2.62 bits per heavy atom. The molecule has 132 valence electrons. The first-order valence-electron chi connectivity index (χ1n) is 7.68. The molecule has 7 nitrogen and oxygen atoms in total. The second-order valence-corrected chi connectivity index (χ2v) is 9.12. The number of aryl methyl sites for hydroxylation is 2. The maximum atomic E-state index is 13.1. The van der Waals surface area contributed by atoms with Gasteiger partial charge < -0.3 is 4.98 Å². The van der Waals surface area contributed by atoms with Crippen molar-refractivity contribution in [2.75, 3.05) is 0 Å². The number of sulfone groups is 1. The summed E-state index contributed by atoms with van der Waals surface area (Å²) in [6.45, 7) is 3.62. The second-order valence-electron chi connectivity index (χ2n) is 6.04. The van der Waals surface area contributed by atoms with Crippen LogP contribution in [0, 0.1) is 17.4 Å². The number of nitrogens with zero attached hydrogens (tertiary/aromatic N) is 3. The number of nitrogens with one attached hydrogen (secondary N) is 1. The van der Waals surface area contributed by atoms with Crippen LogP contribution in [0.1, 0.15) is 11.1 Å². The van der Waals surface area contributed by atoms with Crippen LogP contribution < -0.4 is 5.56 Å². The lowest BCUT2D eigenvalue weighted by atomic mass is 10.2. The molecule has 0 aliphatic heterocycles. The number of benzene rings is 2. The Kier molecular flexibility index (Phi) is 3.88. The predicted octanol–water partition coefficient (Wildman–Crippen LogP) is 2.63. The number of halogens is 1. The van der Waals surface area contributed by atoms with Gasteiger partial charge in [0.25, 0.3) is 5.56 Å². The Hall–Kier alpha value is -2.27. The Morgan fingerprint density at radius 2 is 1.88 bits per heavy atom. The molecule has 2 heterocycles. The minimum absolute atomic E-state index is 0.0597. The van der Waals surface area contributed by atoms with Crippen molar-refractivity contribution in [1.29, 1.82) is 0 Å². The van der Waals surface area contributed by atoms with Crippen LogP contribution in [0.25, 0.3) is 16.6 Å². The molecule has 1 N–H and O–H groups in total. The monoisotopic (exact) mass is 480 g/mol. The molecule has 2 aromatic carbocycles. The summed E-state index contributed by atoms with van der Waals surface area (Å²) in [7, 11) is -3.93.